The average Bonchev–Trinajstić information content (AvgIpc) is 3.14. The van der Waals surface area contributed by atoms with Crippen LogP contribution < -0.4 is 4.72 Å². The van der Waals surface area contributed by atoms with Gasteiger partial charge in [0.2, 0.25) is 11.0 Å². The van der Waals surface area contributed by atoms with E-state index in [1.165, 1.54) is 30.1 Å². The van der Waals surface area contributed by atoms with Gasteiger partial charge in [0.05, 0.1) is 5.69 Å². The number of nitrogens with one attached hydrogen (secondary N) is 1. The number of rotatable bonds is 6. The van der Waals surface area contributed by atoms with E-state index in [1.807, 2.05) is 0 Å². The van der Waals surface area contributed by atoms with Crippen LogP contribution in [0.5, 0.6) is 0 Å². The lowest BCUT2D eigenvalue weighted by Crippen LogP contribution is -2.12. The first kappa shape index (κ1) is 22.1. The minimum Gasteiger partial charge on any atom is -0.443 e. The minimum absolute atomic E-state index is 0. The fourth-order valence-corrected chi connectivity index (χ4v) is 4.91. The number of aromatic nitrogens is 1. The van der Waals surface area contributed by atoms with E-state index >= 15 is 0 Å². The average molecular weight is 465 g/mol. The summed E-state index contributed by atoms with van der Waals surface area (Å²) in [6, 6.07) is 16.6. The van der Waals surface area contributed by atoms with E-state index in [4.69, 9.17) is 16.0 Å². The zero-order valence-corrected chi connectivity index (χ0v) is 17.2. The number of nitrogens with zero attached hydrogens (tertiary/aromatic N) is 1. The van der Waals surface area contributed by atoms with E-state index in [1.54, 1.807) is 48.5 Å². The number of hydrogen-bond donors (Lipinski definition) is 1. The van der Waals surface area contributed by atoms with Gasteiger partial charge in [0.15, 0.2) is 0 Å². The molecule has 0 amide bonds. The summed E-state index contributed by atoms with van der Waals surface area (Å²) in [5.74, 6) is -0.279. The molecule has 0 bridgehead atoms. The number of anilines is 1. The van der Waals surface area contributed by atoms with Crippen molar-refractivity contribution in [3.8, 4) is 0 Å². The van der Waals surface area contributed by atoms with Crippen LogP contribution in [0.25, 0.3) is 11.0 Å². The molecule has 0 atom stereocenters. The monoisotopic (exact) mass is 464 g/mol. The Balaban J connectivity index is 0.00000256. The highest BCUT2D eigenvalue weighted by molar-refractivity contribution is 7.98. The molecular weight excluding hydrogens is 447 g/mol. The molecule has 30 heavy (non-hydrogen) atoms. The molecule has 1 N–H and O–H groups in total. The molecule has 0 aliphatic carbocycles. The third kappa shape index (κ3) is 4.77. The summed E-state index contributed by atoms with van der Waals surface area (Å²) < 4.78 is 47.4. The van der Waals surface area contributed by atoms with Crippen molar-refractivity contribution in [2.75, 3.05) is 4.72 Å². The third-order valence-corrected chi connectivity index (χ3v) is 6.65. The van der Waals surface area contributed by atoms with Gasteiger partial charge in [-0.3, -0.25) is 4.72 Å². The topological polar surface area (TPSA) is 72.2 Å². The Bertz CT molecular complexity index is 1260. The molecule has 0 radical (unpaired) electrons. The van der Waals surface area contributed by atoms with E-state index in [-0.39, 0.29) is 24.0 Å². The highest BCUT2D eigenvalue weighted by atomic mass is 35.5. The Morgan fingerprint density at radius 3 is 2.67 bits per heavy atom. The Labute approximate surface area is 183 Å². The van der Waals surface area contributed by atoms with Crippen LogP contribution in [0, 0.1) is 5.95 Å². The predicted octanol–water partition coefficient (Wildman–Crippen LogP) is 6.35. The molecule has 9 heteroatoms. The molecule has 2 aromatic heterocycles. The van der Waals surface area contributed by atoms with Crippen molar-refractivity contribution in [3.63, 3.8) is 0 Å². The Hall–Kier alpha value is -2.55. The SMILES string of the molecule is C.O=S(=O)(Nc1cc(Cl)ccc1SCc1cccnc1F)c1cc2ccccc2o1. The summed E-state index contributed by atoms with van der Waals surface area (Å²) in [7, 11) is -3.98. The fourth-order valence-electron chi connectivity index (χ4n) is 2.68. The van der Waals surface area contributed by atoms with Crippen molar-refractivity contribution in [3.05, 3.63) is 83.4 Å². The molecule has 2 aromatic carbocycles. The lowest BCUT2D eigenvalue weighted by atomic mass is 10.3. The third-order valence-electron chi connectivity index (χ3n) is 4.07. The number of sulfonamides is 1. The smallest absolute Gasteiger partial charge is 0.295 e. The van der Waals surface area contributed by atoms with E-state index in [0.717, 1.165) is 0 Å². The zero-order valence-electron chi connectivity index (χ0n) is 14.8. The van der Waals surface area contributed by atoms with Gasteiger partial charge in [-0.2, -0.15) is 12.8 Å². The van der Waals surface area contributed by atoms with Gasteiger partial charge in [0, 0.05) is 38.9 Å². The molecule has 0 unspecified atom stereocenters. The number of halogens is 2. The maximum Gasteiger partial charge on any atom is 0.295 e. The molecule has 0 aliphatic heterocycles. The molecule has 0 fully saturated rings. The summed E-state index contributed by atoms with van der Waals surface area (Å²) in [4.78, 5) is 4.22. The van der Waals surface area contributed by atoms with Gasteiger partial charge in [0.1, 0.15) is 5.58 Å². The second-order valence-electron chi connectivity index (χ2n) is 6.09. The molecule has 0 aliphatic rings. The highest BCUT2D eigenvalue weighted by Gasteiger charge is 2.21. The second-order valence-corrected chi connectivity index (χ2v) is 9.16. The molecule has 0 saturated heterocycles. The lowest BCUT2D eigenvalue weighted by Gasteiger charge is -2.12. The van der Waals surface area contributed by atoms with Crippen LogP contribution in [-0.4, -0.2) is 13.4 Å². The Morgan fingerprint density at radius 1 is 1.10 bits per heavy atom. The van der Waals surface area contributed by atoms with Crippen LogP contribution in [0.3, 0.4) is 0 Å². The molecule has 4 aromatic rings. The number of hydrogen-bond acceptors (Lipinski definition) is 5. The molecule has 5 nitrogen and oxygen atoms in total. The van der Waals surface area contributed by atoms with Crippen LogP contribution in [0.15, 0.2) is 81.3 Å². The van der Waals surface area contributed by atoms with E-state index < -0.39 is 16.0 Å². The quantitative estimate of drug-likeness (QED) is 0.266. The molecular formula is C21H18ClFN2O3S2. The van der Waals surface area contributed by atoms with Crippen molar-refractivity contribution in [2.45, 2.75) is 23.2 Å². The summed E-state index contributed by atoms with van der Waals surface area (Å²) >= 11 is 7.33. The largest absolute Gasteiger partial charge is 0.443 e. The zero-order chi connectivity index (χ0) is 20.4. The van der Waals surface area contributed by atoms with Crippen molar-refractivity contribution in [2.24, 2.45) is 0 Å². The van der Waals surface area contributed by atoms with E-state index in [9.17, 15) is 12.8 Å². The van der Waals surface area contributed by atoms with Crippen molar-refractivity contribution >= 4 is 50.0 Å². The van der Waals surface area contributed by atoms with Gasteiger partial charge in [-0.25, -0.2) is 4.98 Å². The van der Waals surface area contributed by atoms with Crippen molar-refractivity contribution < 1.29 is 17.2 Å². The van der Waals surface area contributed by atoms with Gasteiger partial charge in [-0.15, -0.1) is 11.8 Å². The van der Waals surface area contributed by atoms with E-state index in [0.29, 0.717) is 26.5 Å². The molecule has 0 spiro atoms. The normalized spacial score (nSPS) is 11.3. The number of benzene rings is 2. The first-order chi connectivity index (χ1) is 13.9. The summed E-state index contributed by atoms with van der Waals surface area (Å²) in [5, 5.41) is 0.845. The number of para-hydroxylation sites is 1. The minimum atomic E-state index is -3.98. The van der Waals surface area contributed by atoms with Crippen LogP contribution in [0.4, 0.5) is 10.1 Å². The van der Waals surface area contributed by atoms with Crippen LogP contribution in [0.2, 0.25) is 5.02 Å². The van der Waals surface area contributed by atoms with Gasteiger partial charge >= 0.3 is 0 Å². The molecule has 0 saturated carbocycles. The maximum absolute atomic E-state index is 13.8. The van der Waals surface area contributed by atoms with E-state index in [2.05, 4.69) is 9.71 Å². The van der Waals surface area contributed by atoms with Gasteiger partial charge < -0.3 is 4.42 Å². The molecule has 156 valence electrons. The van der Waals surface area contributed by atoms with Crippen LogP contribution in [-0.2, 0) is 15.8 Å². The summed E-state index contributed by atoms with van der Waals surface area (Å²) in [5.41, 5.74) is 1.17. The van der Waals surface area contributed by atoms with Crippen LogP contribution >= 0.6 is 23.4 Å². The predicted molar refractivity (Wildman–Crippen MR) is 119 cm³/mol. The lowest BCUT2D eigenvalue weighted by molar-refractivity contribution is 0.484. The van der Waals surface area contributed by atoms with Crippen molar-refractivity contribution in [1.29, 1.82) is 0 Å². The van der Waals surface area contributed by atoms with Crippen LogP contribution in [0.1, 0.15) is 13.0 Å². The molecule has 2 heterocycles. The first-order valence-electron chi connectivity index (χ1n) is 8.45. The summed E-state index contributed by atoms with van der Waals surface area (Å²) in [6.07, 6.45) is 1.37. The number of fused-ring (bicyclic) bond motifs is 1. The number of pyridine rings is 1. The van der Waals surface area contributed by atoms with Gasteiger partial charge in [-0.05, 0) is 30.3 Å². The van der Waals surface area contributed by atoms with Gasteiger partial charge in [0.25, 0.3) is 10.0 Å². The standard InChI is InChI=1S/C20H14ClFN2O3S2.CH4/c21-15-7-8-18(28-12-14-5-3-9-23-20(14)22)16(11-15)24-29(25,26)19-10-13-4-1-2-6-17(13)27-19;/h1-11,24H,12H2;1H4. The maximum atomic E-state index is 13.8. The number of thioether (sulfide) groups is 1. The fraction of sp³-hybridized carbons (Fsp3) is 0.0952. The Kier molecular flexibility index (Phi) is 6.70. The molecule has 4 rings (SSSR count). The van der Waals surface area contributed by atoms with Crippen molar-refractivity contribution in [1.82, 2.24) is 4.98 Å². The summed E-state index contributed by atoms with van der Waals surface area (Å²) in [6.45, 7) is 0. The Morgan fingerprint density at radius 2 is 1.90 bits per heavy atom. The number of furan rings is 1. The highest BCUT2D eigenvalue weighted by Crippen LogP contribution is 2.34. The second kappa shape index (κ2) is 9.07. The first-order valence-corrected chi connectivity index (χ1v) is 11.3. The van der Waals surface area contributed by atoms with Gasteiger partial charge in [-0.1, -0.05) is 43.3 Å².